The van der Waals surface area contributed by atoms with Gasteiger partial charge in [-0.1, -0.05) is 30.3 Å². The molecule has 0 bridgehead atoms. The van der Waals surface area contributed by atoms with E-state index in [4.69, 9.17) is 4.74 Å². The van der Waals surface area contributed by atoms with E-state index >= 15 is 0 Å². The summed E-state index contributed by atoms with van der Waals surface area (Å²) in [5, 5.41) is 0. The maximum absolute atomic E-state index is 12.4. The fraction of sp³-hybridized carbons (Fsp3) is 0.389. The molecule has 0 N–H and O–H groups in total. The van der Waals surface area contributed by atoms with E-state index in [0.717, 1.165) is 5.56 Å². The van der Waals surface area contributed by atoms with Gasteiger partial charge in [-0.25, -0.2) is 4.98 Å². The summed E-state index contributed by atoms with van der Waals surface area (Å²) in [5.74, 6) is -0.669. The van der Waals surface area contributed by atoms with E-state index in [2.05, 4.69) is 9.72 Å². The molecule has 0 radical (unpaired) electrons. The zero-order valence-electron chi connectivity index (χ0n) is 13.7. The quantitative estimate of drug-likeness (QED) is 0.576. The van der Waals surface area contributed by atoms with Crippen molar-refractivity contribution in [3.8, 4) is 0 Å². The minimum atomic E-state index is -0.282. The van der Waals surface area contributed by atoms with E-state index < -0.39 is 0 Å². The molecular formula is C18H20N2O4. The number of aromatic nitrogens is 2. The Labute approximate surface area is 140 Å². The number of Topliss-reactive ketones (excluding diaryl/α,β-unsaturated/α-hetero) is 1. The Morgan fingerprint density at radius 1 is 1.33 bits per heavy atom. The summed E-state index contributed by atoms with van der Waals surface area (Å²) in [4.78, 5) is 27.9. The Bertz CT molecular complexity index is 726. The van der Waals surface area contributed by atoms with E-state index in [1.54, 1.807) is 12.5 Å². The lowest BCUT2D eigenvalue weighted by Gasteiger charge is -2.16. The molecule has 1 saturated carbocycles. The van der Waals surface area contributed by atoms with Gasteiger partial charge < -0.3 is 14.0 Å². The summed E-state index contributed by atoms with van der Waals surface area (Å²) in [6, 6.07) is 9.91. The van der Waals surface area contributed by atoms with Crippen molar-refractivity contribution in [1.82, 2.24) is 9.55 Å². The van der Waals surface area contributed by atoms with Crippen molar-refractivity contribution >= 4 is 11.8 Å². The number of imidazole rings is 1. The molecule has 0 amide bonds. The third-order valence-electron chi connectivity index (χ3n) is 4.32. The van der Waals surface area contributed by atoms with E-state index in [1.165, 1.54) is 7.11 Å². The minimum Gasteiger partial charge on any atom is -0.469 e. The van der Waals surface area contributed by atoms with Gasteiger partial charge in [0.1, 0.15) is 12.3 Å². The molecule has 3 atom stereocenters. The molecule has 1 aliphatic rings. The Balaban J connectivity index is 1.63. The van der Waals surface area contributed by atoms with Crippen LogP contribution in [0.25, 0.3) is 0 Å². The molecular weight excluding hydrogens is 308 g/mol. The van der Waals surface area contributed by atoms with Gasteiger partial charge in [-0.3, -0.25) is 9.59 Å². The van der Waals surface area contributed by atoms with E-state index in [-0.39, 0.29) is 36.4 Å². The number of rotatable bonds is 7. The average Bonchev–Trinajstić information content (AvgIpc) is 3.23. The highest BCUT2D eigenvalue weighted by Crippen LogP contribution is 2.34. The fourth-order valence-electron chi connectivity index (χ4n) is 2.73. The standard InChI is InChI=1S/C18H20N2O4/c1-12(13-6-4-3-5-7-13)20-11-19-9-15(20)16(21)10-24-17-8-14(17)18(22)23-2/h3-7,9,11-12,14,17H,8,10H2,1-2H3/t12-,14?,17?/m1/s1. The first-order valence-corrected chi connectivity index (χ1v) is 7.91. The van der Waals surface area contributed by atoms with Crippen LogP contribution in [-0.4, -0.2) is 41.1 Å². The van der Waals surface area contributed by atoms with Crippen LogP contribution in [0.15, 0.2) is 42.9 Å². The van der Waals surface area contributed by atoms with Crippen molar-refractivity contribution in [2.75, 3.05) is 13.7 Å². The SMILES string of the molecule is COC(=O)C1CC1OCC(=O)c1cncn1[C@H](C)c1ccccc1. The van der Waals surface area contributed by atoms with Crippen molar-refractivity contribution < 1.29 is 19.1 Å². The lowest BCUT2D eigenvalue weighted by atomic mass is 10.1. The predicted octanol–water partition coefficient (Wildman–Crippen LogP) is 2.25. The monoisotopic (exact) mass is 328 g/mol. The summed E-state index contributed by atoms with van der Waals surface area (Å²) >= 11 is 0. The van der Waals surface area contributed by atoms with Crippen LogP contribution in [0, 0.1) is 5.92 Å². The first-order chi connectivity index (χ1) is 11.6. The van der Waals surface area contributed by atoms with E-state index in [1.807, 2.05) is 41.8 Å². The van der Waals surface area contributed by atoms with Gasteiger partial charge in [0.15, 0.2) is 0 Å². The molecule has 0 spiro atoms. The summed E-state index contributed by atoms with van der Waals surface area (Å²) in [7, 11) is 1.35. The van der Waals surface area contributed by atoms with Crippen LogP contribution in [0.5, 0.6) is 0 Å². The second kappa shape index (κ2) is 6.97. The highest BCUT2D eigenvalue weighted by Gasteiger charge is 2.45. The number of ketones is 1. The molecule has 6 nitrogen and oxygen atoms in total. The van der Waals surface area contributed by atoms with Gasteiger partial charge in [0, 0.05) is 0 Å². The summed E-state index contributed by atoms with van der Waals surface area (Å²) in [5.41, 5.74) is 1.60. The van der Waals surface area contributed by atoms with Gasteiger partial charge in [-0.15, -0.1) is 0 Å². The smallest absolute Gasteiger partial charge is 0.311 e. The van der Waals surface area contributed by atoms with Crippen molar-refractivity contribution in [2.45, 2.75) is 25.5 Å². The molecule has 126 valence electrons. The van der Waals surface area contributed by atoms with Gasteiger partial charge in [0.25, 0.3) is 0 Å². The number of benzene rings is 1. The molecule has 1 aromatic heterocycles. The van der Waals surface area contributed by atoms with Gasteiger partial charge in [0.2, 0.25) is 5.78 Å². The highest BCUT2D eigenvalue weighted by molar-refractivity contribution is 5.95. The fourth-order valence-corrected chi connectivity index (χ4v) is 2.73. The number of carbonyl (C=O) groups excluding carboxylic acids is 2. The largest absolute Gasteiger partial charge is 0.469 e. The molecule has 24 heavy (non-hydrogen) atoms. The predicted molar refractivity (Wildman–Crippen MR) is 86.7 cm³/mol. The average molecular weight is 328 g/mol. The van der Waals surface area contributed by atoms with Crippen LogP contribution in [-0.2, 0) is 14.3 Å². The lowest BCUT2D eigenvalue weighted by molar-refractivity contribution is -0.143. The molecule has 2 aromatic rings. The summed E-state index contributed by atoms with van der Waals surface area (Å²) in [6.45, 7) is 1.95. The zero-order chi connectivity index (χ0) is 17.1. The topological polar surface area (TPSA) is 70.4 Å². The molecule has 1 heterocycles. The normalized spacial score (nSPS) is 20.4. The van der Waals surface area contributed by atoms with Crippen LogP contribution >= 0.6 is 0 Å². The van der Waals surface area contributed by atoms with Crippen molar-refractivity contribution in [3.63, 3.8) is 0 Å². The molecule has 3 rings (SSSR count). The molecule has 6 heteroatoms. The van der Waals surface area contributed by atoms with Crippen molar-refractivity contribution in [2.24, 2.45) is 5.92 Å². The number of methoxy groups -OCH3 is 1. The maximum atomic E-state index is 12.4. The summed E-state index contributed by atoms with van der Waals surface area (Å²) in [6.07, 6.45) is 3.60. The number of hydrogen-bond donors (Lipinski definition) is 0. The van der Waals surface area contributed by atoms with Crippen LogP contribution in [0.4, 0.5) is 0 Å². The number of esters is 1. The third-order valence-corrected chi connectivity index (χ3v) is 4.32. The molecule has 1 aromatic carbocycles. The second-order valence-corrected chi connectivity index (χ2v) is 5.91. The van der Waals surface area contributed by atoms with Crippen molar-refractivity contribution in [3.05, 3.63) is 54.1 Å². The Hall–Kier alpha value is -2.47. The molecule has 0 saturated heterocycles. The van der Waals surface area contributed by atoms with Gasteiger partial charge in [-0.2, -0.15) is 0 Å². The van der Waals surface area contributed by atoms with Crippen LogP contribution < -0.4 is 0 Å². The molecule has 0 aliphatic heterocycles. The van der Waals surface area contributed by atoms with Gasteiger partial charge in [0.05, 0.1) is 37.7 Å². The van der Waals surface area contributed by atoms with E-state index in [0.29, 0.717) is 12.1 Å². The zero-order valence-corrected chi connectivity index (χ0v) is 13.7. The van der Waals surface area contributed by atoms with Gasteiger partial charge >= 0.3 is 5.97 Å². The highest BCUT2D eigenvalue weighted by atomic mass is 16.5. The number of ether oxygens (including phenoxy) is 2. The Kier molecular flexibility index (Phi) is 4.76. The summed E-state index contributed by atoms with van der Waals surface area (Å²) < 4.78 is 12.0. The van der Waals surface area contributed by atoms with Crippen LogP contribution in [0.2, 0.25) is 0 Å². The van der Waals surface area contributed by atoms with Crippen molar-refractivity contribution in [1.29, 1.82) is 0 Å². The molecule has 1 fully saturated rings. The third kappa shape index (κ3) is 3.38. The van der Waals surface area contributed by atoms with Crippen LogP contribution in [0.1, 0.15) is 35.4 Å². The minimum absolute atomic E-state index is 0.00334. The number of carbonyl (C=O) groups is 2. The Morgan fingerprint density at radius 3 is 2.79 bits per heavy atom. The first kappa shape index (κ1) is 16.4. The lowest BCUT2D eigenvalue weighted by Crippen LogP contribution is -2.18. The maximum Gasteiger partial charge on any atom is 0.311 e. The molecule has 2 unspecified atom stereocenters. The first-order valence-electron chi connectivity index (χ1n) is 7.91. The molecule has 1 aliphatic carbocycles. The van der Waals surface area contributed by atoms with Gasteiger partial charge in [-0.05, 0) is 18.9 Å². The second-order valence-electron chi connectivity index (χ2n) is 5.91. The Morgan fingerprint density at radius 2 is 2.08 bits per heavy atom. The van der Waals surface area contributed by atoms with Crippen LogP contribution in [0.3, 0.4) is 0 Å². The number of hydrogen-bond acceptors (Lipinski definition) is 5. The van der Waals surface area contributed by atoms with E-state index in [9.17, 15) is 9.59 Å². The number of nitrogens with zero attached hydrogens (tertiary/aromatic N) is 2.